The SMILES string of the molecule is CC1CCC(C#N)C(n2cccc2C#N)C1. The molecule has 1 aliphatic carbocycles. The molecule has 0 amide bonds. The molecule has 3 unspecified atom stereocenters. The molecule has 3 nitrogen and oxygen atoms in total. The molecule has 0 saturated heterocycles. The third-order valence-corrected chi connectivity index (χ3v) is 3.50. The third kappa shape index (κ3) is 1.82. The first-order valence-corrected chi connectivity index (χ1v) is 5.72. The first kappa shape index (κ1) is 10.8. The zero-order valence-electron chi connectivity index (χ0n) is 9.43. The Morgan fingerprint density at radius 3 is 2.88 bits per heavy atom. The van der Waals surface area contributed by atoms with E-state index in [0.29, 0.717) is 11.6 Å². The quantitative estimate of drug-likeness (QED) is 0.720. The largest absolute Gasteiger partial charge is 0.335 e. The highest BCUT2D eigenvalue weighted by Gasteiger charge is 2.30. The average molecular weight is 213 g/mol. The Labute approximate surface area is 95.9 Å². The summed E-state index contributed by atoms with van der Waals surface area (Å²) in [6.45, 7) is 2.22. The van der Waals surface area contributed by atoms with E-state index in [1.165, 1.54) is 0 Å². The van der Waals surface area contributed by atoms with Crippen LogP contribution in [0.15, 0.2) is 18.3 Å². The van der Waals surface area contributed by atoms with E-state index in [1.807, 2.05) is 22.9 Å². The molecule has 1 aromatic rings. The van der Waals surface area contributed by atoms with Gasteiger partial charge in [0.25, 0.3) is 0 Å². The van der Waals surface area contributed by atoms with Gasteiger partial charge in [0.2, 0.25) is 0 Å². The van der Waals surface area contributed by atoms with Crippen molar-refractivity contribution in [1.29, 1.82) is 10.5 Å². The summed E-state index contributed by atoms with van der Waals surface area (Å²) in [7, 11) is 0. The highest BCUT2D eigenvalue weighted by atomic mass is 15.0. The predicted octanol–water partition coefficient (Wildman–Crippen LogP) is 2.86. The third-order valence-electron chi connectivity index (χ3n) is 3.50. The second-order valence-corrected chi connectivity index (χ2v) is 4.63. The maximum absolute atomic E-state index is 9.16. The number of rotatable bonds is 1. The Morgan fingerprint density at radius 1 is 1.38 bits per heavy atom. The van der Waals surface area contributed by atoms with E-state index < -0.39 is 0 Å². The molecule has 0 aromatic carbocycles. The molecule has 1 fully saturated rings. The average Bonchev–Trinajstić information content (AvgIpc) is 2.76. The molecule has 1 heterocycles. The van der Waals surface area contributed by atoms with E-state index in [1.54, 1.807) is 0 Å². The van der Waals surface area contributed by atoms with E-state index >= 15 is 0 Å². The minimum Gasteiger partial charge on any atom is -0.335 e. The number of hydrogen-bond donors (Lipinski definition) is 0. The van der Waals surface area contributed by atoms with Crippen LogP contribution in [-0.2, 0) is 0 Å². The van der Waals surface area contributed by atoms with Crippen LogP contribution >= 0.6 is 0 Å². The Hall–Kier alpha value is -1.74. The van der Waals surface area contributed by atoms with Crippen molar-refractivity contribution in [3.05, 3.63) is 24.0 Å². The molecule has 3 heteroatoms. The maximum Gasteiger partial charge on any atom is 0.120 e. The van der Waals surface area contributed by atoms with Gasteiger partial charge in [0.15, 0.2) is 0 Å². The van der Waals surface area contributed by atoms with Crippen molar-refractivity contribution in [3.8, 4) is 12.1 Å². The molecule has 0 aliphatic heterocycles. The van der Waals surface area contributed by atoms with E-state index in [2.05, 4.69) is 19.1 Å². The summed E-state index contributed by atoms with van der Waals surface area (Å²) in [5.74, 6) is 0.694. The minimum absolute atomic E-state index is 0.0516. The monoisotopic (exact) mass is 213 g/mol. The number of nitriles is 2. The Bertz CT molecular complexity index is 446. The van der Waals surface area contributed by atoms with Gasteiger partial charge in [-0.3, -0.25) is 0 Å². The van der Waals surface area contributed by atoms with Gasteiger partial charge in [-0.05, 0) is 37.3 Å². The van der Waals surface area contributed by atoms with Gasteiger partial charge in [0, 0.05) is 6.20 Å². The zero-order valence-corrected chi connectivity index (χ0v) is 9.43. The van der Waals surface area contributed by atoms with Crippen molar-refractivity contribution >= 4 is 0 Å². The van der Waals surface area contributed by atoms with E-state index in [-0.39, 0.29) is 12.0 Å². The lowest BCUT2D eigenvalue weighted by molar-refractivity contribution is 0.232. The summed E-state index contributed by atoms with van der Waals surface area (Å²) in [5, 5.41) is 18.2. The Morgan fingerprint density at radius 2 is 2.19 bits per heavy atom. The zero-order chi connectivity index (χ0) is 11.5. The Kier molecular flexibility index (Phi) is 2.97. The van der Waals surface area contributed by atoms with Gasteiger partial charge in [-0.15, -0.1) is 0 Å². The van der Waals surface area contributed by atoms with Gasteiger partial charge in [-0.25, -0.2) is 0 Å². The topological polar surface area (TPSA) is 52.5 Å². The molecule has 0 bridgehead atoms. The molecule has 0 N–H and O–H groups in total. The summed E-state index contributed by atoms with van der Waals surface area (Å²) in [6.07, 6.45) is 5.00. The summed E-state index contributed by atoms with van der Waals surface area (Å²) >= 11 is 0. The lowest BCUT2D eigenvalue weighted by Gasteiger charge is -2.32. The van der Waals surface area contributed by atoms with Crippen LogP contribution < -0.4 is 0 Å². The predicted molar refractivity (Wildman–Crippen MR) is 60.3 cm³/mol. The fraction of sp³-hybridized carbons (Fsp3) is 0.538. The molecule has 1 saturated carbocycles. The molecule has 0 spiro atoms. The summed E-state index contributed by atoms with van der Waals surface area (Å²) in [5.41, 5.74) is 0.666. The van der Waals surface area contributed by atoms with Gasteiger partial charge >= 0.3 is 0 Å². The van der Waals surface area contributed by atoms with Crippen LogP contribution in [0.1, 0.15) is 37.9 Å². The van der Waals surface area contributed by atoms with Gasteiger partial charge in [0.1, 0.15) is 11.8 Å². The molecule has 1 aromatic heterocycles. The van der Waals surface area contributed by atoms with Gasteiger partial charge < -0.3 is 4.57 Å². The molecule has 1 aliphatic rings. The summed E-state index contributed by atoms with van der Waals surface area (Å²) in [6, 6.07) is 8.44. The highest BCUT2D eigenvalue weighted by molar-refractivity contribution is 5.23. The summed E-state index contributed by atoms with van der Waals surface area (Å²) in [4.78, 5) is 0. The maximum atomic E-state index is 9.16. The van der Waals surface area contributed by atoms with Crippen LogP contribution in [0.5, 0.6) is 0 Å². The van der Waals surface area contributed by atoms with Crippen LogP contribution in [0.2, 0.25) is 0 Å². The van der Waals surface area contributed by atoms with E-state index in [0.717, 1.165) is 19.3 Å². The summed E-state index contributed by atoms with van der Waals surface area (Å²) < 4.78 is 1.98. The second-order valence-electron chi connectivity index (χ2n) is 4.63. The Balaban J connectivity index is 2.31. The molecule has 82 valence electrons. The highest BCUT2D eigenvalue weighted by Crippen LogP contribution is 2.37. The fourth-order valence-corrected chi connectivity index (χ4v) is 2.59. The van der Waals surface area contributed by atoms with Gasteiger partial charge in [0.05, 0.1) is 18.0 Å². The van der Waals surface area contributed by atoms with Gasteiger partial charge in [-0.1, -0.05) is 6.92 Å². The smallest absolute Gasteiger partial charge is 0.120 e. The molecule has 3 atom stereocenters. The van der Waals surface area contributed by atoms with E-state index in [4.69, 9.17) is 10.5 Å². The van der Waals surface area contributed by atoms with Crippen molar-refractivity contribution in [2.24, 2.45) is 11.8 Å². The molecule has 0 radical (unpaired) electrons. The van der Waals surface area contributed by atoms with Crippen LogP contribution in [0, 0.1) is 34.5 Å². The van der Waals surface area contributed by atoms with E-state index in [9.17, 15) is 0 Å². The second kappa shape index (κ2) is 4.41. The van der Waals surface area contributed by atoms with Crippen LogP contribution in [0.4, 0.5) is 0 Å². The lowest BCUT2D eigenvalue weighted by atomic mass is 9.79. The molecule has 2 rings (SSSR count). The van der Waals surface area contributed by atoms with Crippen molar-refractivity contribution in [2.45, 2.75) is 32.2 Å². The van der Waals surface area contributed by atoms with Gasteiger partial charge in [-0.2, -0.15) is 10.5 Å². The molecular weight excluding hydrogens is 198 g/mol. The van der Waals surface area contributed by atoms with Crippen molar-refractivity contribution < 1.29 is 0 Å². The van der Waals surface area contributed by atoms with Crippen LogP contribution in [0.3, 0.4) is 0 Å². The van der Waals surface area contributed by atoms with Crippen molar-refractivity contribution in [2.75, 3.05) is 0 Å². The van der Waals surface area contributed by atoms with Crippen LogP contribution in [-0.4, -0.2) is 4.57 Å². The number of nitrogens with zero attached hydrogens (tertiary/aromatic N) is 3. The number of aromatic nitrogens is 1. The first-order chi connectivity index (χ1) is 7.76. The normalized spacial score (nSPS) is 29.3. The molecule has 16 heavy (non-hydrogen) atoms. The number of hydrogen-bond acceptors (Lipinski definition) is 2. The van der Waals surface area contributed by atoms with Crippen molar-refractivity contribution in [3.63, 3.8) is 0 Å². The first-order valence-electron chi connectivity index (χ1n) is 5.72. The minimum atomic E-state index is 0.0516. The molecular formula is C13H15N3. The van der Waals surface area contributed by atoms with Crippen LogP contribution in [0.25, 0.3) is 0 Å². The standard InChI is InChI=1S/C13H15N3/c1-10-4-5-11(8-14)13(7-10)16-6-2-3-12(16)9-15/h2-3,6,10-11,13H,4-5,7H2,1H3. The fourth-order valence-electron chi connectivity index (χ4n) is 2.59. The van der Waals surface area contributed by atoms with Crippen molar-refractivity contribution in [1.82, 2.24) is 4.57 Å². The lowest BCUT2D eigenvalue weighted by Crippen LogP contribution is -2.26.